The van der Waals surface area contributed by atoms with Gasteiger partial charge in [0.1, 0.15) is 4.91 Å². The SMILES string of the molecule is CCCCN1C=C(C(=O)OC)S/C1=C\C(=O)/C=C1/N(CCCC)c2ccccc2C1(C)C. The summed E-state index contributed by atoms with van der Waals surface area (Å²) in [7, 11) is 1.38. The third-order valence-electron chi connectivity index (χ3n) is 5.99. The molecule has 0 atom stereocenters. The number of hydrogen-bond donors (Lipinski definition) is 0. The molecule has 0 aromatic heterocycles. The van der Waals surface area contributed by atoms with Crippen molar-refractivity contribution in [2.45, 2.75) is 58.8 Å². The molecule has 0 saturated carbocycles. The molecule has 0 aliphatic carbocycles. The molecular formula is C26H34N2O3S. The van der Waals surface area contributed by atoms with Crippen LogP contribution < -0.4 is 4.90 Å². The molecule has 0 bridgehead atoms. The molecule has 6 heteroatoms. The maximum atomic E-state index is 13.2. The van der Waals surface area contributed by atoms with Gasteiger partial charge in [-0.3, -0.25) is 4.79 Å². The van der Waals surface area contributed by atoms with E-state index in [0.29, 0.717) is 4.91 Å². The molecule has 0 radical (unpaired) electrons. The van der Waals surface area contributed by atoms with Crippen molar-refractivity contribution in [3.63, 3.8) is 0 Å². The van der Waals surface area contributed by atoms with E-state index in [9.17, 15) is 9.59 Å². The summed E-state index contributed by atoms with van der Waals surface area (Å²) in [6, 6.07) is 8.42. The quantitative estimate of drug-likeness (QED) is 0.350. The molecule has 32 heavy (non-hydrogen) atoms. The van der Waals surface area contributed by atoms with E-state index >= 15 is 0 Å². The Bertz CT molecular complexity index is 962. The highest BCUT2D eigenvalue weighted by molar-refractivity contribution is 8.07. The highest BCUT2D eigenvalue weighted by atomic mass is 32.2. The van der Waals surface area contributed by atoms with Crippen LogP contribution in [-0.4, -0.2) is 36.9 Å². The molecule has 1 aromatic rings. The fourth-order valence-corrected chi connectivity index (χ4v) is 5.18. The number of allylic oxidation sites excluding steroid dienone is 3. The first-order valence-electron chi connectivity index (χ1n) is 11.4. The Hall–Kier alpha value is -2.47. The Morgan fingerprint density at radius 1 is 1.06 bits per heavy atom. The van der Waals surface area contributed by atoms with Crippen LogP contribution in [0.25, 0.3) is 0 Å². The molecule has 172 valence electrons. The van der Waals surface area contributed by atoms with Crippen molar-refractivity contribution in [1.29, 1.82) is 0 Å². The summed E-state index contributed by atoms with van der Waals surface area (Å²) in [6.45, 7) is 10.3. The van der Waals surface area contributed by atoms with Crippen LogP contribution >= 0.6 is 11.8 Å². The van der Waals surface area contributed by atoms with E-state index in [-0.39, 0.29) is 17.2 Å². The first kappa shape index (κ1) is 24.2. The maximum absolute atomic E-state index is 13.2. The Morgan fingerprint density at radius 3 is 2.44 bits per heavy atom. The molecule has 2 heterocycles. The van der Waals surface area contributed by atoms with Crippen molar-refractivity contribution in [3.8, 4) is 0 Å². The molecule has 5 nitrogen and oxygen atoms in total. The van der Waals surface area contributed by atoms with E-state index in [1.807, 2.05) is 4.90 Å². The number of unbranched alkanes of at least 4 members (excludes halogenated alkanes) is 2. The minimum Gasteiger partial charge on any atom is -0.465 e. The third kappa shape index (κ3) is 4.96. The number of anilines is 1. The standard InChI is InChI=1S/C26H34N2O3S/c1-6-8-14-27-18-22(25(30)31-5)32-24(27)17-19(29)16-23-26(3,4)20-12-10-11-13-21(20)28(23)15-9-7-2/h10-13,16-18H,6-9,14-15H2,1-5H3/b23-16+,24-17-. The Balaban J connectivity index is 1.91. The Morgan fingerprint density at radius 2 is 1.75 bits per heavy atom. The molecule has 2 aliphatic heterocycles. The van der Waals surface area contributed by atoms with Crippen LogP contribution in [0.1, 0.15) is 58.9 Å². The van der Waals surface area contributed by atoms with Crippen molar-refractivity contribution >= 4 is 29.2 Å². The van der Waals surface area contributed by atoms with Gasteiger partial charge in [-0.2, -0.15) is 0 Å². The van der Waals surface area contributed by atoms with Crippen molar-refractivity contribution in [3.05, 3.63) is 63.8 Å². The molecule has 0 amide bonds. The van der Waals surface area contributed by atoms with Gasteiger partial charge in [0, 0.05) is 48.2 Å². The van der Waals surface area contributed by atoms with Gasteiger partial charge in [-0.25, -0.2) is 4.79 Å². The van der Waals surface area contributed by atoms with Crippen LogP contribution in [0, 0.1) is 0 Å². The summed E-state index contributed by atoms with van der Waals surface area (Å²) in [6.07, 6.45) is 9.38. The van der Waals surface area contributed by atoms with Gasteiger partial charge in [0.2, 0.25) is 0 Å². The van der Waals surface area contributed by atoms with Gasteiger partial charge in [0.25, 0.3) is 0 Å². The van der Waals surface area contributed by atoms with E-state index in [1.54, 1.807) is 18.4 Å². The highest BCUT2D eigenvalue weighted by Gasteiger charge is 2.40. The summed E-state index contributed by atoms with van der Waals surface area (Å²) < 4.78 is 4.88. The van der Waals surface area contributed by atoms with Gasteiger partial charge in [-0.15, -0.1) is 0 Å². The molecule has 2 aliphatic rings. The fraction of sp³-hybridized carbons (Fsp3) is 0.462. The summed E-state index contributed by atoms with van der Waals surface area (Å²) in [5.41, 5.74) is 3.21. The van der Waals surface area contributed by atoms with E-state index in [4.69, 9.17) is 4.74 Å². The number of methoxy groups -OCH3 is 1. The van der Waals surface area contributed by atoms with Crippen LogP contribution in [0.2, 0.25) is 0 Å². The maximum Gasteiger partial charge on any atom is 0.346 e. The topological polar surface area (TPSA) is 49.9 Å². The average Bonchev–Trinajstić information content (AvgIpc) is 3.27. The number of rotatable bonds is 9. The number of carbonyl (C=O) groups is 2. The Kier molecular flexibility index (Phi) is 7.88. The lowest BCUT2D eigenvalue weighted by Gasteiger charge is -2.27. The molecule has 0 N–H and O–H groups in total. The monoisotopic (exact) mass is 454 g/mol. The van der Waals surface area contributed by atoms with Gasteiger partial charge in [0.05, 0.1) is 12.1 Å². The zero-order valence-electron chi connectivity index (χ0n) is 19.8. The number of ether oxygens (including phenoxy) is 1. The molecule has 3 rings (SSSR count). The lowest BCUT2D eigenvalue weighted by molar-refractivity contribution is -0.135. The number of esters is 1. The number of ketones is 1. The predicted octanol–water partition coefficient (Wildman–Crippen LogP) is 5.74. The van der Waals surface area contributed by atoms with Crippen LogP contribution in [-0.2, 0) is 19.7 Å². The first-order valence-corrected chi connectivity index (χ1v) is 12.2. The number of benzene rings is 1. The van der Waals surface area contributed by atoms with Crippen LogP contribution in [0.3, 0.4) is 0 Å². The van der Waals surface area contributed by atoms with Crippen LogP contribution in [0.4, 0.5) is 5.69 Å². The second kappa shape index (κ2) is 10.4. The first-order chi connectivity index (χ1) is 15.3. The third-order valence-corrected chi connectivity index (χ3v) is 7.04. The van der Waals surface area contributed by atoms with E-state index in [0.717, 1.165) is 49.5 Å². The number of thioether (sulfide) groups is 1. The van der Waals surface area contributed by atoms with Crippen molar-refractivity contribution in [1.82, 2.24) is 4.90 Å². The fourth-order valence-electron chi connectivity index (χ4n) is 4.17. The number of hydrogen-bond acceptors (Lipinski definition) is 6. The van der Waals surface area contributed by atoms with E-state index in [1.165, 1.54) is 30.1 Å². The molecule has 1 aromatic carbocycles. The molecule has 0 fully saturated rings. The predicted molar refractivity (Wildman–Crippen MR) is 132 cm³/mol. The smallest absolute Gasteiger partial charge is 0.346 e. The summed E-state index contributed by atoms with van der Waals surface area (Å²) >= 11 is 1.30. The van der Waals surface area contributed by atoms with Crippen molar-refractivity contribution < 1.29 is 14.3 Å². The van der Waals surface area contributed by atoms with Crippen LogP contribution in [0.15, 0.2) is 58.2 Å². The Labute approximate surface area is 196 Å². The lowest BCUT2D eigenvalue weighted by atomic mass is 9.83. The second-order valence-electron chi connectivity index (χ2n) is 8.70. The van der Waals surface area contributed by atoms with E-state index in [2.05, 4.69) is 56.9 Å². The number of para-hydroxylation sites is 1. The molecule has 0 spiro atoms. The molecule has 0 saturated heterocycles. The molecular weight excluding hydrogens is 420 g/mol. The summed E-state index contributed by atoms with van der Waals surface area (Å²) in [5.74, 6) is -0.435. The zero-order valence-corrected chi connectivity index (χ0v) is 20.6. The number of carbonyl (C=O) groups excluding carboxylic acids is 2. The second-order valence-corrected chi connectivity index (χ2v) is 9.76. The van der Waals surface area contributed by atoms with Crippen molar-refractivity contribution in [2.24, 2.45) is 0 Å². The van der Waals surface area contributed by atoms with Gasteiger partial charge >= 0.3 is 5.97 Å². The van der Waals surface area contributed by atoms with Gasteiger partial charge in [-0.1, -0.05) is 70.5 Å². The van der Waals surface area contributed by atoms with Gasteiger partial charge < -0.3 is 14.5 Å². The number of fused-ring (bicyclic) bond motifs is 1. The van der Waals surface area contributed by atoms with Gasteiger partial charge in [0.15, 0.2) is 5.78 Å². The highest BCUT2D eigenvalue weighted by Crippen LogP contribution is 2.47. The van der Waals surface area contributed by atoms with Crippen LogP contribution in [0.5, 0.6) is 0 Å². The normalized spacial score (nSPS) is 19.5. The largest absolute Gasteiger partial charge is 0.465 e. The average molecular weight is 455 g/mol. The minimum absolute atomic E-state index is 0.0640. The zero-order chi connectivity index (χ0) is 23.3. The minimum atomic E-state index is -0.371. The van der Waals surface area contributed by atoms with E-state index < -0.39 is 0 Å². The molecule has 0 unspecified atom stereocenters. The van der Waals surface area contributed by atoms with Gasteiger partial charge in [-0.05, 0) is 24.5 Å². The number of nitrogens with zero attached hydrogens (tertiary/aromatic N) is 2. The summed E-state index contributed by atoms with van der Waals surface area (Å²) in [4.78, 5) is 30.0. The lowest BCUT2D eigenvalue weighted by Crippen LogP contribution is -2.28. The summed E-state index contributed by atoms with van der Waals surface area (Å²) in [5, 5.41) is 0.772. The van der Waals surface area contributed by atoms with Crippen molar-refractivity contribution in [2.75, 3.05) is 25.1 Å².